The molecule has 1 aromatic heterocycles. The van der Waals surface area contributed by atoms with E-state index in [4.69, 9.17) is 9.47 Å². The molecule has 1 fully saturated rings. The van der Waals surface area contributed by atoms with E-state index in [1.165, 1.54) is 0 Å². The molecular weight excluding hydrogens is 274 g/mol. The first-order valence-corrected chi connectivity index (χ1v) is 7.13. The first-order valence-electron chi connectivity index (χ1n) is 6.25. The van der Waals surface area contributed by atoms with Gasteiger partial charge in [-0.2, -0.15) is 0 Å². The van der Waals surface area contributed by atoms with Crippen LogP contribution in [0.2, 0.25) is 0 Å². The van der Waals surface area contributed by atoms with Gasteiger partial charge in [0.15, 0.2) is 0 Å². The molecule has 0 aliphatic carbocycles. The minimum Gasteiger partial charge on any atom is -0.380 e. The highest BCUT2D eigenvalue weighted by molar-refractivity contribution is 7.09. The lowest BCUT2D eigenvalue weighted by Crippen LogP contribution is -2.16. The van der Waals surface area contributed by atoms with Gasteiger partial charge >= 0.3 is 0 Å². The summed E-state index contributed by atoms with van der Waals surface area (Å²) in [6.07, 6.45) is -0.663. The van der Waals surface area contributed by atoms with E-state index in [-0.39, 0.29) is 18.8 Å². The maximum Gasteiger partial charge on any atom is 0.261 e. The third kappa shape index (κ3) is 4.45. The topological polar surface area (TPSA) is 43.4 Å². The Balaban J connectivity index is 1.76. The standard InChI is InChI=1S/C12H18F2N2O2S/c1-17-8-4-9(15-5-8)10-7-19-12(16-10)2-3-18-6-11(13)14/h7-9,11,15H,2-6H2,1H3. The summed E-state index contributed by atoms with van der Waals surface area (Å²) in [4.78, 5) is 4.51. The van der Waals surface area contributed by atoms with Crippen LogP contribution in [-0.2, 0) is 15.9 Å². The lowest BCUT2D eigenvalue weighted by atomic mass is 10.1. The maximum atomic E-state index is 11.9. The van der Waals surface area contributed by atoms with Crippen molar-refractivity contribution < 1.29 is 18.3 Å². The second-order valence-corrected chi connectivity index (χ2v) is 5.38. The summed E-state index contributed by atoms with van der Waals surface area (Å²) in [6, 6.07) is 0.233. The maximum absolute atomic E-state index is 11.9. The van der Waals surface area contributed by atoms with Crippen LogP contribution in [0.15, 0.2) is 5.38 Å². The number of nitrogens with one attached hydrogen (secondary N) is 1. The molecule has 19 heavy (non-hydrogen) atoms. The van der Waals surface area contributed by atoms with Gasteiger partial charge in [0.1, 0.15) is 6.61 Å². The summed E-state index contributed by atoms with van der Waals surface area (Å²) in [5.74, 6) is 0. The molecule has 1 aromatic rings. The number of hydrogen-bond acceptors (Lipinski definition) is 5. The number of rotatable bonds is 7. The highest BCUT2D eigenvalue weighted by Crippen LogP contribution is 2.26. The normalized spacial score (nSPS) is 23.4. The van der Waals surface area contributed by atoms with Gasteiger partial charge in [-0.05, 0) is 6.42 Å². The van der Waals surface area contributed by atoms with E-state index >= 15 is 0 Å². The lowest BCUT2D eigenvalue weighted by Gasteiger charge is -2.06. The Bertz CT molecular complexity index is 390. The zero-order chi connectivity index (χ0) is 13.7. The van der Waals surface area contributed by atoms with Crippen molar-refractivity contribution in [3.63, 3.8) is 0 Å². The van der Waals surface area contributed by atoms with Crippen LogP contribution < -0.4 is 5.32 Å². The molecule has 1 aliphatic heterocycles. The molecule has 0 radical (unpaired) electrons. The van der Waals surface area contributed by atoms with Crippen LogP contribution in [0, 0.1) is 0 Å². The number of methoxy groups -OCH3 is 1. The van der Waals surface area contributed by atoms with E-state index in [9.17, 15) is 8.78 Å². The third-order valence-electron chi connectivity index (χ3n) is 3.05. The molecule has 1 aliphatic rings. The molecule has 7 heteroatoms. The van der Waals surface area contributed by atoms with Gasteiger partial charge in [0.25, 0.3) is 6.43 Å². The SMILES string of the molecule is COC1CNC(c2csc(CCOCC(F)F)n2)C1. The van der Waals surface area contributed by atoms with E-state index in [2.05, 4.69) is 10.3 Å². The Morgan fingerprint density at radius 3 is 3.11 bits per heavy atom. The van der Waals surface area contributed by atoms with Gasteiger partial charge in [-0.15, -0.1) is 11.3 Å². The predicted molar refractivity (Wildman–Crippen MR) is 68.8 cm³/mol. The lowest BCUT2D eigenvalue weighted by molar-refractivity contribution is 0.0187. The second-order valence-electron chi connectivity index (χ2n) is 4.44. The highest BCUT2D eigenvalue weighted by Gasteiger charge is 2.26. The van der Waals surface area contributed by atoms with Crippen LogP contribution in [0.1, 0.15) is 23.2 Å². The quantitative estimate of drug-likeness (QED) is 0.781. The minimum atomic E-state index is -2.40. The summed E-state index contributed by atoms with van der Waals surface area (Å²) in [5, 5.41) is 6.29. The molecule has 0 saturated carbocycles. The largest absolute Gasteiger partial charge is 0.380 e. The molecule has 0 aromatic carbocycles. The van der Waals surface area contributed by atoms with Gasteiger partial charge in [-0.3, -0.25) is 0 Å². The summed E-state index contributed by atoms with van der Waals surface area (Å²) < 4.78 is 33.9. The summed E-state index contributed by atoms with van der Waals surface area (Å²) in [5.41, 5.74) is 1.01. The molecule has 108 valence electrons. The summed E-state index contributed by atoms with van der Waals surface area (Å²) in [6.45, 7) is 0.625. The molecule has 1 N–H and O–H groups in total. The molecule has 2 rings (SSSR count). The molecule has 0 spiro atoms. The van der Waals surface area contributed by atoms with Crippen molar-refractivity contribution in [2.45, 2.75) is 31.4 Å². The van der Waals surface area contributed by atoms with E-state index in [1.54, 1.807) is 18.4 Å². The van der Waals surface area contributed by atoms with Gasteiger partial charge in [0.2, 0.25) is 0 Å². The van der Waals surface area contributed by atoms with Crippen LogP contribution >= 0.6 is 11.3 Å². The number of thiazole rings is 1. The Labute approximate surface area is 115 Å². The van der Waals surface area contributed by atoms with Crippen molar-refractivity contribution in [3.8, 4) is 0 Å². The van der Waals surface area contributed by atoms with Gasteiger partial charge in [0.05, 0.1) is 29.5 Å². The van der Waals surface area contributed by atoms with Crippen LogP contribution in [0.4, 0.5) is 8.78 Å². The number of nitrogens with zero attached hydrogens (tertiary/aromatic N) is 1. The number of ether oxygens (including phenoxy) is 2. The predicted octanol–water partition coefficient (Wildman–Crippen LogP) is 2.02. The number of alkyl halides is 2. The highest BCUT2D eigenvalue weighted by atomic mass is 32.1. The van der Waals surface area contributed by atoms with Crippen LogP contribution in [0.25, 0.3) is 0 Å². The zero-order valence-corrected chi connectivity index (χ0v) is 11.6. The van der Waals surface area contributed by atoms with Crippen molar-refractivity contribution >= 4 is 11.3 Å². The van der Waals surface area contributed by atoms with Gasteiger partial charge in [-0.25, -0.2) is 13.8 Å². The van der Waals surface area contributed by atoms with Crippen molar-refractivity contribution in [1.82, 2.24) is 10.3 Å². The Kier molecular flexibility index (Phi) is 5.62. The van der Waals surface area contributed by atoms with Gasteiger partial charge < -0.3 is 14.8 Å². The fourth-order valence-corrected chi connectivity index (χ4v) is 2.87. The minimum absolute atomic E-state index is 0.233. The summed E-state index contributed by atoms with van der Waals surface area (Å²) in [7, 11) is 1.71. The molecule has 2 unspecified atom stereocenters. The Hall–Kier alpha value is -0.630. The van der Waals surface area contributed by atoms with Crippen molar-refractivity contribution in [2.24, 2.45) is 0 Å². The molecule has 4 nitrogen and oxygen atoms in total. The molecule has 2 atom stereocenters. The van der Waals surface area contributed by atoms with E-state index < -0.39 is 13.0 Å². The molecule has 0 amide bonds. The number of hydrogen-bond donors (Lipinski definition) is 1. The summed E-state index contributed by atoms with van der Waals surface area (Å²) >= 11 is 1.54. The molecular formula is C12H18F2N2O2S. The van der Waals surface area contributed by atoms with Crippen LogP contribution in [0.5, 0.6) is 0 Å². The first-order chi connectivity index (χ1) is 9.19. The van der Waals surface area contributed by atoms with E-state index in [0.29, 0.717) is 6.42 Å². The van der Waals surface area contributed by atoms with Crippen molar-refractivity contribution in [2.75, 3.05) is 26.9 Å². The number of halogens is 2. The van der Waals surface area contributed by atoms with E-state index in [1.807, 2.05) is 5.38 Å². The first kappa shape index (κ1) is 14.8. The monoisotopic (exact) mass is 292 g/mol. The smallest absolute Gasteiger partial charge is 0.261 e. The number of aromatic nitrogens is 1. The second kappa shape index (κ2) is 7.23. The molecule has 0 bridgehead atoms. The van der Waals surface area contributed by atoms with Gasteiger partial charge in [-0.1, -0.05) is 0 Å². The molecule has 1 saturated heterocycles. The zero-order valence-electron chi connectivity index (χ0n) is 10.8. The van der Waals surface area contributed by atoms with Crippen molar-refractivity contribution in [3.05, 3.63) is 16.1 Å². The Morgan fingerprint density at radius 2 is 2.42 bits per heavy atom. The average molecular weight is 292 g/mol. The third-order valence-corrected chi connectivity index (χ3v) is 3.98. The Morgan fingerprint density at radius 1 is 1.58 bits per heavy atom. The van der Waals surface area contributed by atoms with Crippen LogP contribution in [-0.4, -0.2) is 44.4 Å². The van der Waals surface area contributed by atoms with Crippen molar-refractivity contribution in [1.29, 1.82) is 0 Å². The fraction of sp³-hybridized carbons (Fsp3) is 0.750. The van der Waals surface area contributed by atoms with Gasteiger partial charge in [0, 0.05) is 25.5 Å². The van der Waals surface area contributed by atoms with E-state index in [0.717, 1.165) is 23.7 Å². The molecule has 2 heterocycles. The van der Waals surface area contributed by atoms with Crippen LogP contribution in [0.3, 0.4) is 0 Å². The fourth-order valence-electron chi connectivity index (χ4n) is 2.04. The average Bonchev–Trinajstić information content (AvgIpc) is 3.02.